The Morgan fingerprint density at radius 2 is 1.44 bits per heavy atom. The average Bonchev–Trinajstić information content (AvgIpc) is 3.34. The van der Waals surface area contributed by atoms with Crippen LogP contribution in [-0.2, 0) is 23.7 Å². The Kier molecular flexibility index (Phi) is 12.7. The maximum absolute atomic E-state index is 11.0. The summed E-state index contributed by atoms with van der Waals surface area (Å²) in [5.74, 6) is 3.82. The molecule has 1 unspecified atom stereocenters. The van der Waals surface area contributed by atoms with E-state index in [4.69, 9.17) is 35.3 Å². The van der Waals surface area contributed by atoms with Crippen LogP contribution in [0.4, 0.5) is 0 Å². The van der Waals surface area contributed by atoms with Gasteiger partial charge in [0, 0.05) is 10.6 Å². The molecule has 4 fully saturated rings. The first-order valence-corrected chi connectivity index (χ1v) is 16.2. The van der Waals surface area contributed by atoms with Gasteiger partial charge in [0.1, 0.15) is 79.8 Å². The highest BCUT2D eigenvalue weighted by Crippen LogP contribution is 2.36. The fourth-order valence-electron chi connectivity index (χ4n) is 6.35. The van der Waals surface area contributed by atoms with E-state index in [1.807, 2.05) is 4.90 Å². The highest BCUT2D eigenvalue weighted by atomic mass is 35.5. The molecule has 0 aromatic heterocycles. The number of ether oxygens (including phenoxy) is 5. The lowest BCUT2D eigenvalue weighted by atomic mass is 9.92. The van der Waals surface area contributed by atoms with E-state index in [9.17, 15) is 51.1 Å². The fraction of sp³-hybridized carbons (Fsp3) is 0.742. The summed E-state index contributed by atoms with van der Waals surface area (Å²) < 4.78 is 28.2. The molecule has 1 aromatic carbocycles. The minimum absolute atomic E-state index is 0.537. The van der Waals surface area contributed by atoms with E-state index < -0.39 is 111 Å². The van der Waals surface area contributed by atoms with Crippen LogP contribution in [0.1, 0.15) is 24.8 Å². The third-order valence-electron chi connectivity index (χ3n) is 9.23. The molecule has 4 heterocycles. The maximum atomic E-state index is 11.0. The third kappa shape index (κ3) is 7.83. The molecule has 0 amide bonds. The van der Waals surface area contributed by atoms with Gasteiger partial charge in [0.25, 0.3) is 0 Å². The molecule has 5 rings (SSSR count). The molecule has 16 nitrogen and oxygen atoms in total. The predicted octanol–water partition coefficient (Wildman–Crippen LogP) is -4.00. The maximum Gasteiger partial charge on any atom is 0.224 e. The van der Waals surface area contributed by atoms with Crippen molar-refractivity contribution < 1.29 is 74.7 Å². The monoisotopic (exact) mass is 705 g/mol. The van der Waals surface area contributed by atoms with Gasteiger partial charge in [-0.05, 0) is 50.2 Å². The molecule has 48 heavy (non-hydrogen) atoms. The van der Waals surface area contributed by atoms with Crippen molar-refractivity contribution in [3.05, 3.63) is 34.9 Å². The first-order chi connectivity index (χ1) is 22.9. The molecule has 15 atom stereocenters. The molecule has 1 aromatic rings. The number of aliphatic hydroxyl groups excluding tert-OH is 10. The van der Waals surface area contributed by atoms with Crippen LogP contribution in [0, 0.1) is 11.8 Å². The largest absolute Gasteiger partial charge is 0.394 e. The number of nitrogens with zero attached hydrogens (tertiary/aromatic N) is 1. The molecule has 0 saturated carbocycles. The van der Waals surface area contributed by atoms with E-state index in [0.717, 1.165) is 19.3 Å². The summed E-state index contributed by atoms with van der Waals surface area (Å²) in [5.41, 5.74) is 0.654. The smallest absolute Gasteiger partial charge is 0.224 e. The van der Waals surface area contributed by atoms with Crippen molar-refractivity contribution in [1.29, 1.82) is 0 Å². The summed E-state index contributed by atoms with van der Waals surface area (Å²) in [7, 11) is 0. The number of piperidine rings is 1. The fourth-order valence-corrected chi connectivity index (χ4v) is 6.47. The summed E-state index contributed by atoms with van der Waals surface area (Å²) in [5, 5.41) is 105. The second kappa shape index (κ2) is 16.2. The molecule has 17 heteroatoms. The lowest BCUT2D eigenvalue weighted by Crippen LogP contribution is -2.65. The van der Waals surface area contributed by atoms with Crippen molar-refractivity contribution in [2.45, 2.75) is 111 Å². The number of halogens is 1. The van der Waals surface area contributed by atoms with Gasteiger partial charge < -0.3 is 74.7 Å². The van der Waals surface area contributed by atoms with E-state index in [1.54, 1.807) is 24.3 Å². The van der Waals surface area contributed by atoms with Crippen LogP contribution in [0.3, 0.4) is 0 Å². The number of hydrogen-bond donors (Lipinski definition) is 10. The summed E-state index contributed by atoms with van der Waals surface area (Å²) in [6.07, 6.45) is -19.0. The second-order valence-corrected chi connectivity index (χ2v) is 12.9. The van der Waals surface area contributed by atoms with Crippen LogP contribution in [0.5, 0.6) is 0 Å². The highest BCUT2D eigenvalue weighted by Gasteiger charge is 2.58. The number of rotatable bonds is 9. The Labute approximate surface area is 281 Å². The molecular weight excluding hydrogens is 662 g/mol. The first kappa shape index (κ1) is 37.7. The lowest BCUT2D eigenvalue weighted by molar-refractivity contribution is -0.388. The molecule has 0 bridgehead atoms. The van der Waals surface area contributed by atoms with Crippen molar-refractivity contribution in [1.82, 2.24) is 4.90 Å². The van der Waals surface area contributed by atoms with E-state index >= 15 is 0 Å². The quantitative estimate of drug-likeness (QED) is 0.110. The Balaban J connectivity index is 1.31. The topological polar surface area (TPSA) is 252 Å². The first-order valence-electron chi connectivity index (χ1n) is 15.9. The lowest BCUT2D eigenvalue weighted by Gasteiger charge is -2.46. The SMILES string of the molecule is OC[C@H]1O[C@@](CO)(O[C@H]2O[C@H](CO[C@H]3O[C@H](C(C#Cc4ccc(Cl)cc4)N4CCCCC4)[C@H](O)[C@H](O)[C@H]3O)[C@@H](O)[C@H](O)[C@H]2O)[C@@H](O)[C@@H]1O. The predicted molar refractivity (Wildman–Crippen MR) is 162 cm³/mol. The minimum atomic E-state index is -2.38. The third-order valence-corrected chi connectivity index (χ3v) is 9.48. The second-order valence-electron chi connectivity index (χ2n) is 12.5. The van der Waals surface area contributed by atoms with Crippen LogP contribution in [0.2, 0.25) is 5.02 Å². The van der Waals surface area contributed by atoms with Crippen LogP contribution >= 0.6 is 11.6 Å². The molecule has 4 aliphatic heterocycles. The molecule has 10 N–H and O–H groups in total. The molecule has 0 spiro atoms. The number of aliphatic hydroxyl groups is 10. The van der Waals surface area contributed by atoms with Crippen LogP contribution in [0.15, 0.2) is 24.3 Å². The standard InChI is InChI=1S/C31H44ClNO15/c32-16-7-4-15(5-8-16)6-9-17(33-10-2-1-3-11-33)27-24(40)23(39)25(41)29(46-27)44-13-19-20(36)22(38)26(42)30(45-19)48-31(14-35)28(43)21(37)18(12-34)47-31/h4-5,7-8,17-30,34-43H,1-3,10-14H2/t17?,18-,19-,20-,21-,22+,23+,24-,25-,26-,27-,28+,29+,30-,31+/m1/s1. The van der Waals surface area contributed by atoms with Crippen LogP contribution < -0.4 is 0 Å². The van der Waals surface area contributed by atoms with Gasteiger partial charge in [0.15, 0.2) is 12.6 Å². The van der Waals surface area contributed by atoms with E-state index in [1.165, 1.54) is 0 Å². The average molecular weight is 706 g/mol. The van der Waals surface area contributed by atoms with Gasteiger partial charge in [0.2, 0.25) is 5.79 Å². The van der Waals surface area contributed by atoms with Crippen molar-refractivity contribution in [3.63, 3.8) is 0 Å². The van der Waals surface area contributed by atoms with Crippen molar-refractivity contribution in [2.24, 2.45) is 0 Å². The molecule has 4 saturated heterocycles. The van der Waals surface area contributed by atoms with Crippen LogP contribution in [0.25, 0.3) is 0 Å². The summed E-state index contributed by atoms with van der Waals surface area (Å²) in [4.78, 5) is 2.02. The van der Waals surface area contributed by atoms with E-state index in [-0.39, 0.29) is 0 Å². The summed E-state index contributed by atoms with van der Waals surface area (Å²) in [6, 6.07) is 6.11. The number of hydrogen-bond acceptors (Lipinski definition) is 16. The Bertz CT molecular complexity index is 1250. The van der Waals surface area contributed by atoms with Crippen LogP contribution in [-0.4, -0.2) is 180 Å². The van der Waals surface area contributed by atoms with E-state index in [0.29, 0.717) is 23.7 Å². The molecule has 0 radical (unpaired) electrons. The summed E-state index contributed by atoms with van der Waals surface area (Å²) >= 11 is 6.00. The van der Waals surface area contributed by atoms with Gasteiger partial charge in [-0.25, -0.2) is 0 Å². The van der Waals surface area contributed by atoms with Gasteiger partial charge in [-0.2, -0.15) is 0 Å². The molecule has 270 valence electrons. The van der Waals surface area contributed by atoms with Gasteiger partial charge in [0.05, 0.1) is 13.2 Å². The molecule has 4 aliphatic rings. The van der Waals surface area contributed by atoms with Gasteiger partial charge in [-0.3, -0.25) is 4.90 Å². The zero-order valence-electron chi connectivity index (χ0n) is 25.9. The van der Waals surface area contributed by atoms with Crippen molar-refractivity contribution in [3.8, 4) is 11.8 Å². The Morgan fingerprint density at radius 1 is 0.792 bits per heavy atom. The molecular formula is C31H44ClNO15. The minimum Gasteiger partial charge on any atom is -0.394 e. The number of benzene rings is 1. The van der Waals surface area contributed by atoms with E-state index in [2.05, 4.69) is 11.8 Å². The van der Waals surface area contributed by atoms with Crippen molar-refractivity contribution >= 4 is 11.6 Å². The zero-order chi connectivity index (χ0) is 34.7. The number of likely N-dealkylation sites (tertiary alicyclic amines) is 1. The van der Waals surface area contributed by atoms with Gasteiger partial charge in [-0.1, -0.05) is 29.9 Å². The van der Waals surface area contributed by atoms with Gasteiger partial charge >= 0.3 is 0 Å². The highest BCUT2D eigenvalue weighted by molar-refractivity contribution is 6.30. The zero-order valence-corrected chi connectivity index (χ0v) is 26.6. The van der Waals surface area contributed by atoms with Crippen molar-refractivity contribution in [2.75, 3.05) is 32.9 Å². The normalized spacial score (nSPS) is 43.0. The Morgan fingerprint density at radius 3 is 2.06 bits per heavy atom. The summed E-state index contributed by atoms with van der Waals surface area (Å²) in [6.45, 7) is -1.14. The Hall–Kier alpha value is -1.57. The molecule has 0 aliphatic carbocycles. The van der Waals surface area contributed by atoms with Gasteiger partial charge in [-0.15, -0.1) is 0 Å².